The predicted molar refractivity (Wildman–Crippen MR) is 73.8 cm³/mol. The van der Waals surface area contributed by atoms with Crippen molar-refractivity contribution >= 4 is 17.2 Å². The zero-order chi connectivity index (χ0) is 12.5. The Kier molecular flexibility index (Phi) is 3.39. The second-order valence-corrected chi connectivity index (χ2v) is 6.29. The standard InChI is InChI=1S/C14H20N2OS/c1-2-12-11-6-8-18-13(11)5-7-16(12)9-14(17)15-10-3-4-10/h6,8,10,12H,2-5,7,9H2,1H3,(H,15,17). The number of nitrogens with one attached hydrogen (secondary N) is 1. The highest BCUT2D eigenvalue weighted by molar-refractivity contribution is 7.10. The Hall–Kier alpha value is -0.870. The number of hydrogen-bond donors (Lipinski definition) is 1. The quantitative estimate of drug-likeness (QED) is 0.905. The third-order valence-electron chi connectivity index (χ3n) is 3.88. The lowest BCUT2D eigenvalue weighted by Gasteiger charge is -2.34. The van der Waals surface area contributed by atoms with Gasteiger partial charge in [-0.2, -0.15) is 0 Å². The van der Waals surface area contributed by atoms with Gasteiger partial charge < -0.3 is 5.32 Å². The molecule has 1 aromatic heterocycles. The van der Waals surface area contributed by atoms with Crippen LogP contribution in [0, 0.1) is 0 Å². The van der Waals surface area contributed by atoms with Crippen LogP contribution in [0.25, 0.3) is 0 Å². The molecule has 1 aliphatic carbocycles. The maximum absolute atomic E-state index is 11.9. The molecule has 4 heteroatoms. The van der Waals surface area contributed by atoms with E-state index in [4.69, 9.17) is 0 Å². The summed E-state index contributed by atoms with van der Waals surface area (Å²) in [6.07, 6.45) is 4.51. The molecule has 2 heterocycles. The summed E-state index contributed by atoms with van der Waals surface area (Å²) in [6, 6.07) is 3.14. The van der Waals surface area contributed by atoms with Crippen molar-refractivity contribution in [3.05, 3.63) is 21.9 Å². The fourth-order valence-electron chi connectivity index (χ4n) is 2.80. The number of amides is 1. The van der Waals surface area contributed by atoms with Crippen LogP contribution in [0.1, 0.15) is 42.7 Å². The van der Waals surface area contributed by atoms with Crippen LogP contribution in [0.15, 0.2) is 11.4 Å². The van der Waals surface area contributed by atoms with Crippen molar-refractivity contribution < 1.29 is 4.79 Å². The van der Waals surface area contributed by atoms with Gasteiger partial charge in [0, 0.05) is 23.5 Å². The van der Waals surface area contributed by atoms with E-state index in [0.717, 1.165) is 32.2 Å². The highest BCUT2D eigenvalue weighted by atomic mass is 32.1. The molecule has 1 unspecified atom stereocenters. The van der Waals surface area contributed by atoms with Crippen molar-refractivity contribution in [2.75, 3.05) is 13.1 Å². The number of hydrogen-bond acceptors (Lipinski definition) is 3. The van der Waals surface area contributed by atoms with E-state index in [1.54, 1.807) is 0 Å². The van der Waals surface area contributed by atoms with Crippen LogP contribution >= 0.6 is 11.3 Å². The normalized spacial score (nSPS) is 23.7. The Labute approximate surface area is 112 Å². The molecule has 0 saturated heterocycles. The van der Waals surface area contributed by atoms with Gasteiger partial charge in [-0.3, -0.25) is 9.69 Å². The van der Waals surface area contributed by atoms with Gasteiger partial charge >= 0.3 is 0 Å². The van der Waals surface area contributed by atoms with Gasteiger partial charge in [0.15, 0.2) is 0 Å². The Bertz CT molecular complexity index is 439. The van der Waals surface area contributed by atoms with E-state index in [2.05, 4.69) is 28.6 Å². The van der Waals surface area contributed by atoms with Crippen molar-refractivity contribution in [2.24, 2.45) is 0 Å². The Morgan fingerprint density at radius 1 is 1.56 bits per heavy atom. The zero-order valence-electron chi connectivity index (χ0n) is 10.8. The molecule has 1 N–H and O–H groups in total. The Balaban J connectivity index is 1.66. The summed E-state index contributed by atoms with van der Waals surface area (Å²) in [6.45, 7) is 3.79. The second-order valence-electron chi connectivity index (χ2n) is 5.29. The van der Waals surface area contributed by atoms with E-state index in [1.807, 2.05) is 11.3 Å². The molecular weight excluding hydrogens is 244 g/mol. The van der Waals surface area contributed by atoms with Crippen LogP contribution < -0.4 is 5.32 Å². The topological polar surface area (TPSA) is 32.3 Å². The number of thiophene rings is 1. The molecule has 0 radical (unpaired) electrons. The van der Waals surface area contributed by atoms with Gasteiger partial charge in [0.2, 0.25) is 5.91 Å². The van der Waals surface area contributed by atoms with Crippen LogP contribution in [0.2, 0.25) is 0 Å². The van der Waals surface area contributed by atoms with Gasteiger partial charge in [0.05, 0.1) is 6.54 Å². The summed E-state index contributed by atoms with van der Waals surface area (Å²) in [5.74, 6) is 0.203. The molecule has 1 aliphatic heterocycles. The highest BCUT2D eigenvalue weighted by Crippen LogP contribution is 2.34. The summed E-state index contributed by atoms with van der Waals surface area (Å²) in [5, 5.41) is 5.27. The molecule has 3 nitrogen and oxygen atoms in total. The molecule has 0 aromatic carbocycles. The first kappa shape index (κ1) is 12.2. The molecule has 1 amide bonds. The van der Waals surface area contributed by atoms with Crippen molar-refractivity contribution in [1.29, 1.82) is 0 Å². The van der Waals surface area contributed by atoms with Crippen LogP contribution in [0.5, 0.6) is 0 Å². The van der Waals surface area contributed by atoms with E-state index in [9.17, 15) is 4.79 Å². The molecule has 1 fully saturated rings. The number of carbonyl (C=O) groups excluding carboxylic acids is 1. The average molecular weight is 264 g/mol. The summed E-state index contributed by atoms with van der Waals surface area (Å²) in [4.78, 5) is 15.8. The first-order valence-electron chi connectivity index (χ1n) is 6.87. The molecular formula is C14H20N2OS. The lowest BCUT2D eigenvalue weighted by atomic mass is 9.98. The van der Waals surface area contributed by atoms with Gasteiger partial charge in [-0.05, 0) is 42.7 Å². The highest BCUT2D eigenvalue weighted by Gasteiger charge is 2.29. The van der Waals surface area contributed by atoms with Gasteiger partial charge in [-0.15, -0.1) is 11.3 Å². The van der Waals surface area contributed by atoms with Gasteiger partial charge in [0.1, 0.15) is 0 Å². The molecule has 0 spiro atoms. The van der Waals surface area contributed by atoms with E-state index >= 15 is 0 Å². The van der Waals surface area contributed by atoms with Crippen molar-refractivity contribution in [3.63, 3.8) is 0 Å². The van der Waals surface area contributed by atoms with Gasteiger partial charge in [-0.1, -0.05) is 6.92 Å². The second kappa shape index (κ2) is 5.02. The number of rotatable bonds is 4. The zero-order valence-corrected chi connectivity index (χ0v) is 11.6. The van der Waals surface area contributed by atoms with Crippen molar-refractivity contribution in [3.8, 4) is 0 Å². The Morgan fingerprint density at radius 3 is 3.11 bits per heavy atom. The van der Waals surface area contributed by atoms with E-state index in [0.29, 0.717) is 18.6 Å². The average Bonchev–Trinajstić information content (AvgIpc) is 3.04. The largest absolute Gasteiger partial charge is 0.352 e. The van der Waals surface area contributed by atoms with Crippen LogP contribution in [0.3, 0.4) is 0 Å². The maximum Gasteiger partial charge on any atom is 0.234 e. The third-order valence-corrected chi connectivity index (χ3v) is 4.88. The van der Waals surface area contributed by atoms with Crippen LogP contribution in [0.4, 0.5) is 0 Å². The molecule has 2 aliphatic rings. The minimum atomic E-state index is 0.203. The maximum atomic E-state index is 11.9. The first-order valence-corrected chi connectivity index (χ1v) is 7.75. The monoisotopic (exact) mass is 264 g/mol. The summed E-state index contributed by atoms with van der Waals surface area (Å²) in [5.41, 5.74) is 1.45. The molecule has 1 saturated carbocycles. The predicted octanol–water partition coefficient (Wildman–Crippen LogP) is 2.34. The SMILES string of the molecule is CCC1c2ccsc2CCN1CC(=O)NC1CC1. The minimum Gasteiger partial charge on any atom is -0.352 e. The molecule has 98 valence electrons. The fraction of sp³-hybridized carbons (Fsp3) is 0.643. The number of carbonyl (C=O) groups is 1. The molecule has 0 bridgehead atoms. The van der Waals surface area contributed by atoms with E-state index < -0.39 is 0 Å². The number of fused-ring (bicyclic) bond motifs is 1. The van der Waals surface area contributed by atoms with Crippen LogP contribution in [-0.4, -0.2) is 29.9 Å². The minimum absolute atomic E-state index is 0.203. The molecule has 3 rings (SSSR count). The third kappa shape index (κ3) is 2.45. The van der Waals surface area contributed by atoms with E-state index in [1.165, 1.54) is 10.4 Å². The number of nitrogens with zero attached hydrogens (tertiary/aromatic N) is 1. The molecule has 1 aromatic rings. The Morgan fingerprint density at radius 2 is 2.39 bits per heavy atom. The first-order chi connectivity index (χ1) is 8.78. The van der Waals surface area contributed by atoms with Crippen LogP contribution in [-0.2, 0) is 11.2 Å². The molecule has 18 heavy (non-hydrogen) atoms. The summed E-state index contributed by atoms with van der Waals surface area (Å²) < 4.78 is 0. The summed E-state index contributed by atoms with van der Waals surface area (Å²) >= 11 is 1.86. The van der Waals surface area contributed by atoms with Crippen molar-refractivity contribution in [1.82, 2.24) is 10.2 Å². The van der Waals surface area contributed by atoms with Gasteiger partial charge in [-0.25, -0.2) is 0 Å². The lowest BCUT2D eigenvalue weighted by Crippen LogP contribution is -2.42. The smallest absolute Gasteiger partial charge is 0.234 e. The van der Waals surface area contributed by atoms with Gasteiger partial charge in [0.25, 0.3) is 0 Å². The molecule has 1 atom stereocenters. The van der Waals surface area contributed by atoms with Crippen molar-refractivity contribution in [2.45, 2.75) is 44.7 Å². The van der Waals surface area contributed by atoms with E-state index in [-0.39, 0.29) is 5.91 Å². The lowest BCUT2D eigenvalue weighted by molar-refractivity contribution is -0.123. The summed E-state index contributed by atoms with van der Waals surface area (Å²) in [7, 11) is 0. The fourth-order valence-corrected chi connectivity index (χ4v) is 3.73.